The second kappa shape index (κ2) is 13.0. The average Bonchev–Trinajstić information content (AvgIpc) is 3.09. The molecule has 1 fully saturated rings. The van der Waals surface area contributed by atoms with E-state index in [2.05, 4.69) is 4.90 Å². The maximum atomic E-state index is 12.9. The van der Waals surface area contributed by atoms with Gasteiger partial charge in [-0.2, -0.15) is 13.2 Å². The van der Waals surface area contributed by atoms with Crippen molar-refractivity contribution in [3.63, 3.8) is 0 Å². The van der Waals surface area contributed by atoms with Crippen LogP contribution in [0.5, 0.6) is 0 Å². The lowest BCUT2D eigenvalue weighted by atomic mass is 9.86. The maximum absolute atomic E-state index is 12.9. The highest BCUT2D eigenvalue weighted by atomic mass is 19.4. The third-order valence-electron chi connectivity index (χ3n) is 8.11. The molecular weight excluding hydrogens is 543 g/mol. The molecular formula is C33H36F3N3O3. The van der Waals surface area contributed by atoms with E-state index >= 15 is 0 Å². The number of nitrogens with one attached hydrogen (secondary N) is 1. The number of rotatable bonds is 9. The summed E-state index contributed by atoms with van der Waals surface area (Å²) in [5, 5.41) is 1.89. The fraction of sp³-hybridized carbons (Fsp3) is 0.394. The minimum absolute atomic E-state index is 0.143. The zero-order valence-electron chi connectivity index (χ0n) is 23.5. The SMILES string of the molecule is O=C(NCC(F)(F)F)OC1(CCCCN2CCCN(C(=O)Cc3ccccc3)CC2)c2ccccc2-c2ccccc21. The highest BCUT2D eigenvalue weighted by Gasteiger charge is 2.46. The molecule has 2 amide bonds. The number of hydrogen-bond acceptors (Lipinski definition) is 4. The normalized spacial score (nSPS) is 16.3. The van der Waals surface area contributed by atoms with Gasteiger partial charge in [-0.25, -0.2) is 4.79 Å². The Morgan fingerprint density at radius 2 is 1.45 bits per heavy atom. The number of fused-ring (bicyclic) bond motifs is 3. The molecule has 5 rings (SSSR count). The zero-order valence-corrected chi connectivity index (χ0v) is 23.5. The lowest BCUT2D eigenvalue weighted by Gasteiger charge is -2.32. The van der Waals surface area contributed by atoms with Gasteiger partial charge >= 0.3 is 12.3 Å². The molecule has 1 N–H and O–H groups in total. The predicted octanol–water partition coefficient (Wildman–Crippen LogP) is 6.15. The van der Waals surface area contributed by atoms with E-state index in [1.54, 1.807) is 0 Å². The molecule has 3 aromatic rings. The summed E-state index contributed by atoms with van der Waals surface area (Å²) in [6, 6.07) is 25.0. The molecule has 0 saturated carbocycles. The average molecular weight is 580 g/mol. The Balaban J connectivity index is 1.22. The van der Waals surface area contributed by atoms with Crippen molar-refractivity contribution in [3.8, 4) is 11.1 Å². The topological polar surface area (TPSA) is 61.9 Å². The number of carbonyl (C=O) groups is 2. The van der Waals surface area contributed by atoms with Crippen molar-refractivity contribution in [2.45, 2.75) is 43.9 Å². The quantitative estimate of drug-likeness (QED) is 0.309. The smallest absolute Gasteiger partial charge is 0.408 e. The van der Waals surface area contributed by atoms with Gasteiger partial charge in [-0.1, -0.05) is 78.9 Å². The summed E-state index contributed by atoms with van der Waals surface area (Å²) in [4.78, 5) is 29.9. The van der Waals surface area contributed by atoms with Crippen molar-refractivity contribution in [2.24, 2.45) is 0 Å². The van der Waals surface area contributed by atoms with Crippen LogP contribution in [-0.2, 0) is 21.6 Å². The summed E-state index contributed by atoms with van der Waals surface area (Å²) in [7, 11) is 0. The van der Waals surface area contributed by atoms with Crippen LogP contribution in [0.3, 0.4) is 0 Å². The number of halogens is 3. The van der Waals surface area contributed by atoms with E-state index in [4.69, 9.17) is 4.74 Å². The minimum Gasteiger partial charge on any atom is -0.433 e. The lowest BCUT2D eigenvalue weighted by Crippen LogP contribution is -2.40. The van der Waals surface area contributed by atoms with Gasteiger partial charge in [0.05, 0.1) is 6.42 Å². The summed E-state index contributed by atoms with van der Waals surface area (Å²) in [6.07, 6.45) is -2.37. The van der Waals surface area contributed by atoms with Gasteiger partial charge < -0.3 is 19.9 Å². The Kier molecular flexibility index (Phi) is 9.16. The number of hydrogen-bond donors (Lipinski definition) is 1. The first-order valence-corrected chi connectivity index (χ1v) is 14.5. The van der Waals surface area contributed by atoms with Crippen LogP contribution in [-0.4, -0.2) is 67.2 Å². The van der Waals surface area contributed by atoms with Crippen LogP contribution in [0.25, 0.3) is 11.1 Å². The van der Waals surface area contributed by atoms with E-state index < -0.39 is 24.4 Å². The van der Waals surface area contributed by atoms with E-state index in [9.17, 15) is 22.8 Å². The Labute approximate surface area is 244 Å². The predicted molar refractivity (Wildman–Crippen MR) is 155 cm³/mol. The third-order valence-corrected chi connectivity index (χ3v) is 8.11. The van der Waals surface area contributed by atoms with Gasteiger partial charge in [-0.15, -0.1) is 0 Å². The van der Waals surface area contributed by atoms with Crippen molar-refractivity contribution in [1.29, 1.82) is 0 Å². The molecule has 6 nitrogen and oxygen atoms in total. The van der Waals surface area contributed by atoms with E-state index in [0.717, 1.165) is 66.8 Å². The summed E-state index contributed by atoms with van der Waals surface area (Å²) >= 11 is 0. The molecule has 9 heteroatoms. The number of nitrogens with zero attached hydrogens (tertiary/aromatic N) is 2. The number of carbonyl (C=O) groups excluding carboxylic acids is 2. The molecule has 0 aromatic heterocycles. The second-order valence-corrected chi connectivity index (χ2v) is 11.0. The van der Waals surface area contributed by atoms with Crippen LogP contribution in [0, 0.1) is 0 Å². The zero-order chi connectivity index (χ0) is 29.6. The molecule has 1 saturated heterocycles. The van der Waals surface area contributed by atoms with Crippen molar-refractivity contribution in [2.75, 3.05) is 39.3 Å². The first-order chi connectivity index (χ1) is 20.2. The monoisotopic (exact) mass is 579 g/mol. The highest BCUT2D eigenvalue weighted by Crippen LogP contribution is 2.52. The fourth-order valence-electron chi connectivity index (χ4n) is 6.12. The largest absolute Gasteiger partial charge is 0.433 e. The Morgan fingerprint density at radius 1 is 0.810 bits per heavy atom. The molecule has 1 aliphatic heterocycles. The molecule has 0 bridgehead atoms. The summed E-state index contributed by atoms with van der Waals surface area (Å²) < 4.78 is 44.4. The van der Waals surface area contributed by atoms with E-state index in [-0.39, 0.29) is 5.91 Å². The molecule has 0 atom stereocenters. The van der Waals surface area contributed by atoms with Gasteiger partial charge in [-0.3, -0.25) is 4.79 Å². The van der Waals surface area contributed by atoms with Gasteiger partial charge in [0, 0.05) is 30.8 Å². The van der Waals surface area contributed by atoms with Gasteiger partial charge in [0.25, 0.3) is 0 Å². The number of benzene rings is 3. The van der Waals surface area contributed by atoms with Gasteiger partial charge in [-0.05, 0) is 55.5 Å². The number of ether oxygens (including phenoxy) is 1. The van der Waals surface area contributed by atoms with Crippen molar-refractivity contribution in [1.82, 2.24) is 15.1 Å². The van der Waals surface area contributed by atoms with Crippen LogP contribution in [0.1, 0.15) is 42.4 Å². The minimum atomic E-state index is -4.54. The van der Waals surface area contributed by atoms with Crippen LogP contribution in [0.4, 0.5) is 18.0 Å². The maximum Gasteiger partial charge on any atom is 0.408 e. The first-order valence-electron chi connectivity index (χ1n) is 14.5. The van der Waals surface area contributed by atoms with E-state index in [1.807, 2.05) is 89.1 Å². The molecule has 42 heavy (non-hydrogen) atoms. The first kappa shape index (κ1) is 29.6. The van der Waals surface area contributed by atoms with Crippen molar-refractivity contribution >= 4 is 12.0 Å². The summed E-state index contributed by atoms with van der Waals surface area (Å²) in [6.45, 7) is 2.46. The lowest BCUT2D eigenvalue weighted by molar-refractivity contribution is -0.130. The standard InChI is InChI=1S/C33H36F3N3O3/c34-33(35,36)24-37-31(41)42-32(28-15-6-4-13-26(28)27-14-5-7-16-29(27)32)17-8-9-18-38-19-10-20-39(22-21-38)30(40)23-25-11-2-1-3-12-25/h1-7,11-16H,8-10,17-24H2,(H,37,41). The number of unbranched alkanes of at least 4 members (excludes halogenated alkanes) is 1. The van der Waals surface area contributed by atoms with Gasteiger partial charge in [0.2, 0.25) is 5.91 Å². The van der Waals surface area contributed by atoms with Crippen LogP contribution in [0.2, 0.25) is 0 Å². The molecule has 3 aromatic carbocycles. The van der Waals surface area contributed by atoms with E-state index in [0.29, 0.717) is 25.8 Å². The van der Waals surface area contributed by atoms with Crippen LogP contribution >= 0.6 is 0 Å². The molecule has 1 aliphatic carbocycles. The number of amides is 2. The molecule has 0 spiro atoms. The third kappa shape index (κ3) is 6.95. The summed E-state index contributed by atoms with van der Waals surface area (Å²) in [5.74, 6) is 0.143. The highest BCUT2D eigenvalue weighted by molar-refractivity contribution is 5.82. The second-order valence-electron chi connectivity index (χ2n) is 11.0. The Hall–Kier alpha value is -3.85. The van der Waals surface area contributed by atoms with Gasteiger partial charge in [0.1, 0.15) is 6.54 Å². The van der Waals surface area contributed by atoms with Gasteiger partial charge in [0.15, 0.2) is 5.60 Å². The number of alkyl halides is 3. The molecule has 1 heterocycles. The fourth-order valence-corrected chi connectivity index (χ4v) is 6.12. The molecule has 2 aliphatic rings. The van der Waals surface area contributed by atoms with E-state index in [1.165, 1.54) is 0 Å². The van der Waals surface area contributed by atoms with Crippen molar-refractivity contribution < 1.29 is 27.5 Å². The van der Waals surface area contributed by atoms with Crippen LogP contribution in [0.15, 0.2) is 78.9 Å². The Bertz CT molecular complexity index is 1330. The number of alkyl carbamates (subject to hydrolysis) is 1. The molecule has 0 radical (unpaired) electrons. The summed E-state index contributed by atoms with van der Waals surface area (Å²) in [5.41, 5.74) is 3.25. The molecule has 222 valence electrons. The molecule has 0 unspecified atom stereocenters. The van der Waals surface area contributed by atoms with Crippen LogP contribution < -0.4 is 5.32 Å². The Morgan fingerprint density at radius 3 is 2.12 bits per heavy atom. The van der Waals surface area contributed by atoms with Crippen molar-refractivity contribution in [3.05, 3.63) is 95.6 Å².